The summed E-state index contributed by atoms with van der Waals surface area (Å²) in [5, 5.41) is 12.3. The van der Waals surface area contributed by atoms with Crippen LogP contribution in [0.15, 0.2) is 0 Å². The molecule has 1 aliphatic carbocycles. The second-order valence-electron chi connectivity index (χ2n) is 4.55. The Labute approximate surface area is 79.5 Å². The standard InChI is InChI=1S/C10H19NO2/c1-7-5-4-6-8(7)11-9(12)10(2,3)13/h7-8,13H,4-6H2,1-3H3,(H,11,12). The van der Waals surface area contributed by atoms with Gasteiger partial charge in [-0.05, 0) is 32.6 Å². The van der Waals surface area contributed by atoms with Crippen molar-refractivity contribution in [3.8, 4) is 0 Å². The summed E-state index contributed by atoms with van der Waals surface area (Å²) in [4.78, 5) is 11.4. The van der Waals surface area contributed by atoms with Crippen LogP contribution in [0.2, 0.25) is 0 Å². The molecule has 2 atom stereocenters. The van der Waals surface area contributed by atoms with Crippen LogP contribution in [0.5, 0.6) is 0 Å². The van der Waals surface area contributed by atoms with Crippen LogP contribution in [0.3, 0.4) is 0 Å². The molecule has 0 aromatic heterocycles. The Morgan fingerprint density at radius 3 is 2.46 bits per heavy atom. The predicted octanol–water partition coefficient (Wildman–Crippen LogP) is 1.06. The molecule has 13 heavy (non-hydrogen) atoms. The molecule has 1 saturated carbocycles. The maximum atomic E-state index is 11.4. The number of hydrogen-bond acceptors (Lipinski definition) is 2. The van der Waals surface area contributed by atoms with E-state index in [2.05, 4.69) is 12.2 Å². The molecule has 0 spiro atoms. The highest BCUT2D eigenvalue weighted by molar-refractivity contribution is 5.84. The lowest BCUT2D eigenvalue weighted by Crippen LogP contribution is -2.47. The molecule has 0 saturated heterocycles. The van der Waals surface area contributed by atoms with Gasteiger partial charge in [0.1, 0.15) is 5.60 Å². The molecule has 3 heteroatoms. The molecule has 0 aliphatic heterocycles. The SMILES string of the molecule is CC1CCCC1NC(=O)C(C)(C)O. The molecular formula is C10H19NO2. The van der Waals surface area contributed by atoms with Gasteiger partial charge in [0, 0.05) is 6.04 Å². The van der Waals surface area contributed by atoms with Gasteiger partial charge in [0.15, 0.2) is 0 Å². The topological polar surface area (TPSA) is 49.3 Å². The van der Waals surface area contributed by atoms with Gasteiger partial charge in [-0.25, -0.2) is 0 Å². The minimum atomic E-state index is -1.25. The summed E-state index contributed by atoms with van der Waals surface area (Å²) in [5.41, 5.74) is -1.25. The summed E-state index contributed by atoms with van der Waals surface area (Å²) >= 11 is 0. The average molecular weight is 185 g/mol. The van der Waals surface area contributed by atoms with Crippen molar-refractivity contribution >= 4 is 5.91 Å². The Morgan fingerprint density at radius 1 is 1.46 bits per heavy atom. The number of aliphatic hydroxyl groups is 1. The van der Waals surface area contributed by atoms with E-state index in [1.54, 1.807) is 0 Å². The molecule has 76 valence electrons. The van der Waals surface area contributed by atoms with Gasteiger partial charge in [0.2, 0.25) is 0 Å². The van der Waals surface area contributed by atoms with Crippen molar-refractivity contribution < 1.29 is 9.90 Å². The van der Waals surface area contributed by atoms with Gasteiger partial charge in [-0.15, -0.1) is 0 Å². The van der Waals surface area contributed by atoms with Gasteiger partial charge in [-0.3, -0.25) is 4.79 Å². The number of nitrogens with one attached hydrogen (secondary N) is 1. The molecule has 2 N–H and O–H groups in total. The molecule has 1 rings (SSSR count). The van der Waals surface area contributed by atoms with E-state index < -0.39 is 5.60 Å². The fraction of sp³-hybridized carbons (Fsp3) is 0.900. The number of rotatable bonds is 2. The normalized spacial score (nSPS) is 28.9. The van der Waals surface area contributed by atoms with Gasteiger partial charge < -0.3 is 10.4 Å². The molecule has 2 unspecified atom stereocenters. The van der Waals surface area contributed by atoms with Crippen LogP contribution in [-0.2, 0) is 4.79 Å². The first-order valence-corrected chi connectivity index (χ1v) is 4.94. The number of hydrogen-bond donors (Lipinski definition) is 2. The zero-order chi connectivity index (χ0) is 10.1. The minimum absolute atomic E-state index is 0.258. The summed E-state index contributed by atoms with van der Waals surface area (Å²) in [6.07, 6.45) is 3.40. The Kier molecular flexibility index (Phi) is 2.96. The third kappa shape index (κ3) is 2.69. The zero-order valence-electron chi connectivity index (χ0n) is 8.63. The van der Waals surface area contributed by atoms with Crippen LogP contribution in [0.4, 0.5) is 0 Å². The van der Waals surface area contributed by atoms with E-state index >= 15 is 0 Å². The van der Waals surface area contributed by atoms with Crippen LogP contribution < -0.4 is 5.32 Å². The second kappa shape index (κ2) is 3.66. The maximum absolute atomic E-state index is 11.4. The highest BCUT2D eigenvalue weighted by Crippen LogP contribution is 2.25. The number of amides is 1. The highest BCUT2D eigenvalue weighted by atomic mass is 16.3. The van der Waals surface area contributed by atoms with Crippen molar-refractivity contribution in [2.45, 2.75) is 51.7 Å². The van der Waals surface area contributed by atoms with E-state index in [1.807, 2.05) is 0 Å². The average Bonchev–Trinajstić information content (AvgIpc) is 2.34. The molecule has 0 aromatic carbocycles. The van der Waals surface area contributed by atoms with Crippen LogP contribution in [0.25, 0.3) is 0 Å². The minimum Gasteiger partial charge on any atom is -0.381 e. The second-order valence-corrected chi connectivity index (χ2v) is 4.55. The molecule has 0 bridgehead atoms. The molecule has 0 radical (unpaired) electrons. The van der Waals surface area contributed by atoms with E-state index in [1.165, 1.54) is 26.7 Å². The first-order valence-electron chi connectivity index (χ1n) is 4.94. The van der Waals surface area contributed by atoms with Crippen molar-refractivity contribution in [2.75, 3.05) is 0 Å². The zero-order valence-corrected chi connectivity index (χ0v) is 8.63. The van der Waals surface area contributed by atoms with Crippen LogP contribution in [0, 0.1) is 5.92 Å². The molecule has 0 heterocycles. The Hall–Kier alpha value is -0.570. The van der Waals surface area contributed by atoms with Gasteiger partial charge in [-0.1, -0.05) is 13.3 Å². The van der Waals surface area contributed by atoms with Crippen molar-refractivity contribution in [1.29, 1.82) is 0 Å². The lowest BCUT2D eigenvalue weighted by atomic mass is 10.0. The third-order valence-corrected chi connectivity index (χ3v) is 2.73. The third-order valence-electron chi connectivity index (χ3n) is 2.73. The van der Waals surface area contributed by atoms with Gasteiger partial charge in [0.05, 0.1) is 0 Å². The van der Waals surface area contributed by atoms with E-state index in [0.29, 0.717) is 5.92 Å². The smallest absolute Gasteiger partial charge is 0.251 e. The quantitative estimate of drug-likeness (QED) is 0.676. The van der Waals surface area contributed by atoms with E-state index in [-0.39, 0.29) is 11.9 Å². The van der Waals surface area contributed by atoms with Crippen molar-refractivity contribution in [1.82, 2.24) is 5.32 Å². The Balaban J connectivity index is 2.45. The Morgan fingerprint density at radius 2 is 2.08 bits per heavy atom. The summed E-state index contributed by atoms with van der Waals surface area (Å²) in [6.45, 7) is 5.17. The van der Waals surface area contributed by atoms with E-state index in [9.17, 15) is 9.90 Å². The summed E-state index contributed by atoms with van der Waals surface area (Å²) in [6, 6.07) is 0.263. The summed E-state index contributed by atoms with van der Waals surface area (Å²) in [5.74, 6) is 0.289. The molecule has 1 fully saturated rings. The monoisotopic (exact) mass is 185 g/mol. The van der Waals surface area contributed by atoms with E-state index in [4.69, 9.17) is 0 Å². The largest absolute Gasteiger partial charge is 0.381 e. The Bertz CT molecular complexity index is 196. The van der Waals surface area contributed by atoms with Crippen molar-refractivity contribution in [3.63, 3.8) is 0 Å². The first-order chi connectivity index (χ1) is 5.91. The number of carbonyl (C=O) groups is 1. The highest BCUT2D eigenvalue weighted by Gasteiger charge is 2.30. The van der Waals surface area contributed by atoms with Crippen molar-refractivity contribution in [2.24, 2.45) is 5.92 Å². The molecule has 3 nitrogen and oxygen atoms in total. The van der Waals surface area contributed by atoms with E-state index in [0.717, 1.165) is 6.42 Å². The molecule has 1 amide bonds. The molecule has 0 aromatic rings. The van der Waals surface area contributed by atoms with Gasteiger partial charge >= 0.3 is 0 Å². The lowest BCUT2D eigenvalue weighted by Gasteiger charge is -2.23. The van der Waals surface area contributed by atoms with Crippen LogP contribution >= 0.6 is 0 Å². The van der Waals surface area contributed by atoms with Gasteiger partial charge in [0.25, 0.3) is 5.91 Å². The van der Waals surface area contributed by atoms with Crippen LogP contribution in [0.1, 0.15) is 40.0 Å². The molecular weight excluding hydrogens is 166 g/mol. The first kappa shape index (κ1) is 10.5. The summed E-state index contributed by atoms with van der Waals surface area (Å²) < 4.78 is 0. The fourth-order valence-corrected chi connectivity index (χ4v) is 1.70. The van der Waals surface area contributed by atoms with Gasteiger partial charge in [-0.2, -0.15) is 0 Å². The molecule has 1 aliphatic rings. The van der Waals surface area contributed by atoms with Crippen LogP contribution in [-0.4, -0.2) is 22.7 Å². The number of carbonyl (C=O) groups excluding carboxylic acids is 1. The predicted molar refractivity (Wildman–Crippen MR) is 51.2 cm³/mol. The van der Waals surface area contributed by atoms with Crippen molar-refractivity contribution in [3.05, 3.63) is 0 Å². The maximum Gasteiger partial charge on any atom is 0.251 e. The summed E-state index contributed by atoms with van der Waals surface area (Å²) in [7, 11) is 0. The lowest BCUT2D eigenvalue weighted by molar-refractivity contribution is -0.137. The fourth-order valence-electron chi connectivity index (χ4n) is 1.70.